The second-order valence-electron chi connectivity index (χ2n) is 7.63. The van der Waals surface area contributed by atoms with Crippen molar-refractivity contribution in [1.82, 2.24) is 4.90 Å². The molecule has 0 N–H and O–H groups in total. The Morgan fingerprint density at radius 3 is 2.62 bits per heavy atom. The third-order valence-corrected chi connectivity index (χ3v) is 5.46. The van der Waals surface area contributed by atoms with Crippen LogP contribution in [-0.4, -0.2) is 36.3 Å². The van der Waals surface area contributed by atoms with Crippen molar-refractivity contribution in [3.8, 4) is 5.75 Å². The molecule has 1 fully saturated rings. The van der Waals surface area contributed by atoms with E-state index in [0.29, 0.717) is 30.8 Å². The van der Waals surface area contributed by atoms with Crippen LogP contribution in [0.4, 0.5) is 13.2 Å². The zero-order valence-corrected chi connectivity index (χ0v) is 15.7. The Hall–Kier alpha value is -2.83. The van der Waals surface area contributed by atoms with Crippen molar-refractivity contribution in [2.24, 2.45) is 5.92 Å². The Kier molecular flexibility index (Phi) is 5.06. The molecule has 0 spiro atoms. The minimum absolute atomic E-state index is 0.0140. The first-order valence-corrected chi connectivity index (χ1v) is 9.52. The van der Waals surface area contributed by atoms with Gasteiger partial charge in [0.2, 0.25) is 0 Å². The molecule has 7 heteroatoms. The number of carbonyl (C=O) groups is 2. The molecule has 0 radical (unpaired) electrons. The van der Waals surface area contributed by atoms with Crippen LogP contribution < -0.4 is 4.74 Å². The van der Waals surface area contributed by atoms with Crippen LogP contribution in [-0.2, 0) is 23.8 Å². The number of rotatable bonds is 3. The van der Waals surface area contributed by atoms with Gasteiger partial charge in [0, 0.05) is 30.6 Å². The van der Waals surface area contributed by atoms with E-state index < -0.39 is 11.7 Å². The summed E-state index contributed by atoms with van der Waals surface area (Å²) in [6.45, 7) is 1.24. The molecule has 0 aromatic heterocycles. The number of hydrogen-bond acceptors (Lipinski definition) is 3. The number of fused-ring (bicyclic) bond motifs is 1. The van der Waals surface area contributed by atoms with Gasteiger partial charge in [0.15, 0.2) is 5.78 Å². The van der Waals surface area contributed by atoms with Crippen LogP contribution in [0.25, 0.3) is 0 Å². The number of nitrogens with zero attached hydrogens (tertiary/aromatic N) is 1. The molecule has 152 valence electrons. The molecule has 0 bridgehead atoms. The first-order chi connectivity index (χ1) is 13.8. The van der Waals surface area contributed by atoms with Crippen molar-refractivity contribution in [3.05, 3.63) is 64.7 Å². The molecule has 4 rings (SSSR count). The lowest BCUT2D eigenvalue weighted by atomic mass is 9.98. The van der Waals surface area contributed by atoms with Gasteiger partial charge in [0.1, 0.15) is 12.4 Å². The monoisotopic (exact) mass is 403 g/mol. The molecule has 2 aliphatic rings. The summed E-state index contributed by atoms with van der Waals surface area (Å²) >= 11 is 0. The van der Waals surface area contributed by atoms with Crippen molar-refractivity contribution in [2.75, 3.05) is 19.7 Å². The Bertz CT molecular complexity index is 937. The third kappa shape index (κ3) is 4.28. The van der Waals surface area contributed by atoms with Gasteiger partial charge in [-0.1, -0.05) is 12.1 Å². The van der Waals surface area contributed by atoms with E-state index in [1.807, 2.05) is 0 Å². The molecule has 1 saturated heterocycles. The van der Waals surface area contributed by atoms with Gasteiger partial charge >= 0.3 is 6.18 Å². The highest BCUT2D eigenvalue weighted by Crippen LogP contribution is 2.30. The predicted molar refractivity (Wildman–Crippen MR) is 99.8 cm³/mol. The van der Waals surface area contributed by atoms with E-state index in [0.717, 1.165) is 29.7 Å². The smallest absolute Gasteiger partial charge is 0.416 e. The molecule has 29 heavy (non-hydrogen) atoms. The summed E-state index contributed by atoms with van der Waals surface area (Å²) in [4.78, 5) is 26.2. The van der Waals surface area contributed by atoms with Crippen molar-refractivity contribution < 1.29 is 27.5 Å². The highest BCUT2D eigenvalue weighted by atomic mass is 19.4. The Labute approximate surface area is 166 Å². The SMILES string of the molecule is O=C1COc2ccc(C(=O)N3CCC(Cc4ccc(C(F)(F)F)cc4)C3)cc2C1. The van der Waals surface area contributed by atoms with Crippen LogP contribution in [0.2, 0.25) is 0 Å². The van der Waals surface area contributed by atoms with Gasteiger partial charge in [-0.05, 0) is 54.7 Å². The summed E-state index contributed by atoms with van der Waals surface area (Å²) < 4.78 is 43.4. The maximum atomic E-state index is 12.8. The van der Waals surface area contributed by atoms with Gasteiger partial charge < -0.3 is 9.64 Å². The van der Waals surface area contributed by atoms with Crippen LogP contribution in [0.15, 0.2) is 42.5 Å². The number of ether oxygens (including phenoxy) is 1. The zero-order valence-electron chi connectivity index (χ0n) is 15.7. The molecular weight excluding hydrogens is 383 g/mol. The number of ketones is 1. The Balaban J connectivity index is 1.39. The van der Waals surface area contributed by atoms with E-state index in [4.69, 9.17) is 4.74 Å². The van der Waals surface area contributed by atoms with Crippen molar-refractivity contribution >= 4 is 11.7 Å². The lowest BCUT2D eigenvalue weighted by Crippen LogP contribution is -2.29. The highest BCUT2D eigenvalue weighted by molar-refractivity contribution is 5.95. The van der Waals surface area contributed by atoms with E-state index in [1.54, 1.807) is 23.1 Å². The maximum absolute atomic E-state index is 12.8. The minimum Gasteiger partial charge on any atom is -0.486 e. The van der Waals surface area contributed by atoms with Gasteiger partial charge in [-0.2, -0.15) is 13.2 Å². The second kappa shape index (κ2) is 7.54. The number of alkyl halides is 3. The largest absolute Gasteiger partial charge is 0.486 e. The number of benzene rings is 2. The van der Waals surface area contributed by atoms with Gasteiger partial charge in [0.05, 0.1) is 5.56 Å². The second-order valence-corrected chi connectivity index (χ2v) is 7.63. The third-order valence-electron chi connectivity index (χ3n) is 5.46. The first kappa shape index (κ1) is 19.5. The van der Waals surface area contributed by atoms with Gasteiger partial charge in [-0.25, -0.2) is 0 Å². The summed E-state index contributed by atoms with van der Waals surface area (Å²) in [5, 5.41) is 0. The fraction of sp³-hybridized carbons (Fsp3) is 0.364. The maximum Gasteiger partial charge on any atom is 0.416 e. The number of amides is 1. The van der Waals surface area contributed by atoms with Crippen molar-refractivity contribution in [1.29, 1.82) is 0 Å². The molecule has 0 aliphatic carbocycles. The van der Waals surface area contributed by atoms with Gasteiger partial charge in [-0.15, -0.1) is 0 Å². The lowest BCUT2D eigenvalue weighted by molar-refractivity contribution is -0.137. The lowest BCUT2D eigenvalue weighted by Gasteiger charge is -2.20. The zero-order chi connectivity index (χ0) is 20.6. The van der Waals surface area contributed by atoms with Crippen molar-refractivity contribution in [2.45, 2.75) is 25.4 Å². The minimum atomic E-state index is -4.33. The molecule has 2 heterocycles. The molecule has 2 aliphatic heterocycles. The molecule has 2 aromatic carbocycles. The fourth-order valence-corrected chi connectivity index (χ4v) is 3.94. The number of halogens is 3. The van der Waals surface area contributed by atoms with Gasteiger partial charge in [-0.3, -0.25) is 9.59 Å². The first-order valence-electron chi connectivity index (χ1n) is 9.52. The summed E-state index contributed by atoms with van der Waals surface area (Å²) in [6, 6.07) is 10.4. The van der Waals surface area contributed by atoms with Crippen molar-refractivity contribution in [3.63, 3.8) is 0 Å². The molecule has 4 nitrogen and oxygen atoms in total. The molecule has 1 unspecified atom stereocenters. The average Bonchev–Trinajstić information content (AvgIpc) is 3.15. The highest BCUT2D eigenvalue weighted by Gasteiger charge is 2.31. The number of carbonyl (C=O) groups excluding carboxylic acids is 2. The molecule has 1 atom stereocenters. The van der Waals surface area contributed by atoms with Crippen LogP contribution in [0.1, 0.15) is 33.5 Å². The Morgan fingerprint density at radius 1 is 1.14 bits per heavy atom. The van der Waals surface area contributed by atoms with Crippen LogP contribution >= 0.6 is 0 Å². The quantitative estimate of drug-likeness (QED) is 0.781. The Morgan fingerprint density at radius 2 is 1.90 bits per heavy atom. The molecule has 2 aromatic rings. The predicted octanol–water partition coefficient (Wildman–Crippen LogP) is 3.91. The van der Waals surface area contributed by atoms with Crippen LogP contribution in [0, 0.1) is 5.92 Å². The molecule has 0 saturated carbocycles. The summed E-state index contributed by atoms with van der Waals surface area (Å²) in [7, 11) is 0. The molecule has 1 amide bonds. The van der Waals surface area contributed by atoms with E-state index in [2.05, 4.69) is 0 Å². The standard InChI is InChI=1S/C22H20F3NO3/c23-22(24,25)18-4-1-14(2-5-18)9-15-7-8-26(12-15)21(28)16-3-6-20-17(10-16)11-19(27)13-29-20/h1-6,10,15H,7-9,11-13H2. The molecular formula is C22H20F3NO3. The van der Waals surface area contributed by atoms with Crippen LogP contribution in [0.5, 0.6) is 5.75 Å². The van der Waals surface area contributed by atoms with Crippen LogP contribution in [0.3, 0.4) is 0 Å². The normalized spacial score (nSPS) is 19.1. The summed E-state index contributed by atoms with van der Waals surface area (Å²) in [5.41, 5.74) is 1.44. The number of Topliss-reactive ketones (excluding diaryl/α,β-unsaturated/α-hetero) is 1. The average molecular weight is 403 g/mol. The summed E-state index contributed by atoms with van der Waals surface area (Å²) in [6.07, 6.45) is -2.62. The van der Waals surface area contributed by atoms with E-state index in [1.165, 1.54) is 12.1 Å². The van der Waals surface area contributed by atoms with E-state index >= 15 is 0 Å². The summed E-state index contributed by atoms with van der Waals surface area (Å²) in [5.74, 6) is 0.738. The number of likely N-dealkylation sites (tertiary alicyclic amines) is 1. The number of hydrogen-bond donors (Lipinski definition) is 0. The fourth-order valence-electron chi connectivity index (χ4n) is 3.94. The van der Waals surface area contributed by atoms with Gasteiger partial charge in [0.25, 0.3) is 5.91 Å². The van der Waals surface area contributed by atoms with E-state index in [-0.39, 0.29) is 30.6 Å². The topological polar surface area (TPSA) is 46.6 Å². The van der Waals surface area contributed by atoms with E-state index in [9.17, 15) is 22.8 Å².